The first-order chi connectivity index (χ1) is 13.4. The van der Waals surface area contributed by atoms with Crippen molar-refractivity contribution in [1.82, 2.24) is 10.7 Å². The van der Waals surface area contributed by atoms with Crippen LogP contribution in [0.25, 0.3) is 0 Å². The Kier molecular flexibility index (Phi) is 5.35. The van der Waals surface area contributed by atoms with E-state index >= 15 is 0 Å². The number of phenols is 1. The lowest BCUT2D eigenvalue weighted by atomic mass is 10.2. The molecule has 1 heterocycles. The zero-order valence-corrected chi connectivity index (χ0v) is 14.2. The summed E-state index contributed by atoms with van der Waals surface area (Å²) in [6.07, 6.45) is 1.17. The Bertz CT molecular complexity index is 974. The molecule has 0 spiro atoms. The van der Waals surface area contributed by atoms with E-state index in [9.17, 15) is 24.8 Å². The van der Waals surface area contributed by atoms with Crippen LogP contribution in [0.5, 0.6) is 17.2 Å². The maximum Gasteiger partial charge on any atom is 0.311 e. The number of ether oxygens (including phenoxy) is 2. The molecule has 1 aliphatic rings. The number of nitrogens with one attached hydrogen (secondary N) is 2. The minimum atomic E-state index is -0.739. The van der Waals surface area contributed by atoms with Gasteiger partial charge in [0.25, 0.3) is 11.8 Å². The van der Waals surface area contributed by atoms with Gasteiger partial charge in [-0.25, -0.2) is 5.43 Å². The molecule has 0 saturated heterocycles. The van der Waals surface area contributed by atoms with E-state index in [1.54, 1.807) is 6.07 Å². The lowest BCUT2D eigenvalue weighted by molar-refractivity contribution is -0.385. The van der Waals surface area contributed by atoms with Gasteiger partial charge in [-0.2, -0.15) is 5.10 Å². The third kappa shape index (κ3) is 4.33. The highest BCUT2D eigenvalue weighted by atomic mass is 16.7. The number of benzene rings is 2. The van der Waals surface area contributed by atoms with Gasteiger partial charge >= 0.3 is 5.69 Å². The number of hydrogen-bond acceptors (Lipinski definition) is 8. The predicted octanol–water partition coefficient (Wildman–Crippen LogP) is 0.909. The third-order valence-corrected chi connectivity index (χ3v) is 3.64. The maximum atomic E-state index is 12.1. The molecule has 0 atom stereocenters. The van der Waals surface area contributed by atoms with Gasteiger partial charge in [0.05, 0.1) is 17.7 Å². The van der Waals surface area contributed by atoms with Crippen LogP contribution < -0.4 is 20.2 Å². The first-order valence-electron chi connectivity index (χ1n) is 7.91. The Balaban J connectivity index is 1.50. The van der Waals surface area contributed by atoms with Gasteiger partial charge in [-0.1, -0.05) is 0 Å². The number of nitro groups is 1. The zero-order chi connectivity index (χ0) is 20.1. The molecule has 0 aromatic heterocycles. The van der Waals surface area contributed by atoms with Crippen LogP contribution in [0.2, 0.25) is 0 Å². The van der Waals surface area contributed by atoms with Crippen molar-refractivity contribution >= 4 is 23.7 Å². The minimum Gasteiger partial charge on any atom is -0.502 e. The Morgan fingerprint density at radius 1 is 1.21 bits per heavy atom. The number of amides is 2. The van der Waals surface area contributed by atoms with Crippen LogP contribution in [0.15, 0.2) is 41.5 Å². The summed E-state index contributed by atoms with van der Waals surface area (Å²) in [6.45, 7) is -0.245. The predicted molar refractivity (Wildman–Crippen MR) is 95.4 cm³/mol. The van der Waals surface area contributed by atoms with Gasteiger partial charge in [0.2, 0.25) is 6.79 Å². The van der Waals surface area contributed by atoms with Gasteiger partial charge in [-0.05, 0) is 30.3 Å². The second kappa shape index (κ2) is 8.03. The molecule has 11 nitrogen and oxygen atoms in total. The lowest BCUT2D eigenvalue weighted by Gasteiger charge is -2.05. The molecule has 3 rings (SSSR count). The van der Waals surface area contributed by atoms with E-state index in [0.29, 0.717) is 22.6 Å². The Morgan fingerprint density at radius 3 is 2.79 bits per heavy atom. The average molecular weight is 386 g/mol. The first-order valence-corrected chi connectivity index (χ1v) is 7.91. The molecule has 0 bridgehead atoms. The van der Waals surface area contributed by atoms with Crippen LogP contribution in [-0.2, 0) is 4.79 Å². The van der Waals surface area contributed by atoms with Crippen molar-refractivity contribution in [3.63, 3.8) is 0 Å². The SMILES string of the molecule is O=C(CNC(=O)c1ccc2c(c1)OCO2)N/N=C/c1ccc(O)c([N+](=O)[O-])c1. The average Bonchev–Trinajstić information content (AvgIpc) is 3.15. The van der Waals surface area contributed by atoms with Crippen LogP contribution in [0, 0.1) is 10.1 Å². The van der Waals surface area contributed by atoms with E-state index in [4.69, 9.17) is 9.47 Å². The van der Waals surface area contributed by atoms with Crippen LogP contribution in [0.3, 0.4) is 0 Å². The van der Waals surface area contributed by atoms with Crippen molar-refractivity contribution in [2.24, 2.45) is 5.10 Å². The molecule has 11 heteroatoms. The number of rotatable bonds is 6. The second-order valence-electron chi connectivity index (χ2n) is 5.55. The quantitative estimate of drug-likeness (QED) is 0.379. The van der Waals surface area contributed by atoms with Crippen LogP contribution in [0.4, 0.5) is 5.69 Å². The van der Waals surface area contributed by atoms with Gasteiger partial charge in [0.15, 0.2) is 17.2 Å². The number of phenolic OH excluding ortho intramolecular Hbond substituents is 1. The summed E-state index contributed by atoms with van der Waals surface area (Å²) in [6, 6.07) is 8.28. The fraction of sp³-hybridized carbons (Fsp3) is 0.118. The molecule has 0 fully saturated rings. The topological polar surface area (TPSA) is 152 Å². The number of carbonyl (C=O) groups excluding carboxylic acids is 2. The van der Waals surface area contributed by atoms with Crippen molar-refractivity contribution in [3.05, 3.63) is 57.6 Å². The van der Waals surface area contributed by atoms with Crippen molar-refractivity contribution in [1.29, 1.82) is 0 Å². The standard InChI is InChI=1S/C17H14N4O7/c22-13-3-1-10(5-12(13)21(25)26)7-19-20-16(23)8-18-17(24)11-2-4-14-15(6-11)28-9-27-14/h1-7,22H,8-9H2,(H,18,24)(H,20,23)/b19-7+. The second-order valence-corrected chi connectivity index (χ2v) is 5.55. The number of carbonyl (C=O) groups is 2. The number of nitro benzene ring substituents is 1. The van der Waals surface area contributed by atoms with Crippen molar-refractivity contribution in [2.45, 2.75) is 0 Å². The molecule has 2 aromatic rings. The summed E-state index contributed by atoms with van der Waals surface area (Å²) >= 11 is 0. The first kappa shape index (κ1) is 18.6. The summed E-state index contributed by atoms with van der Waals surface area (Å²) < 4.78 is 10.3. The molecule has 0 radical (unpaired) electrons. The van der Waals surface area contributed by atoms with E-state index in [0.717, 1.165) is 12.1 Å². The molecule has 0 unspecified atom stereocenters. The Hall–Kier alpha value is -4.15. The number of hydrogen-bond donors (Lipinski definition) is 3. The van der Waals surface area contributed by atoms with E-state index in [-0.39, 0.29) is 13.3 Å². The largest absolute Gasteiger partial charge is 0.502 e. The van der Waals surface area contributed by atoms with Gasteiger partial charge in [0.1, 0.15) is 0 Å². The van der Waals surface area contributed by atoms with E-state index in [1.165, 1.54) is 24.4 Å². The smallest absolute Gasteiger partial charge is 0.311 e. The molecule has 144 valence electrons. The molecule has 0 aliphatic carbocycles. The summed E-state index contributed by atoms with van der Waals surface area (Å²) in [5.41, 5.74) is 2.30. The van der Waals surface area contributed by atoms with E-state index in [2.05, 4.69) is 15.8 Å². The fourth-order valence-electron chi connectivity index (χ4n) is 2.29. The minimum absolute atomic E-state index is 0.0883. The number of nitrogens with zero attached hydrogens (tertiary/aromatic N) is 2. The van der Waals surface area contributed by atoms with Gasteiger partial charge in [0, 0.05) is 17.2 Å². The highest BCUT2D eigenvalue weighted by Gasteiger charge is 2.16. The van der Waals surface area contributed by atoms with Gasteiger partial charge in [-0.15, -0.1) is 0 Å². The Morgan fingerprint density at radius 2 is 2.00 bits per heavy atom. The molecule has 1 aliphatic heterocycles. The number of aromatic hydroxyl groups is 1. The zero-order valence-electron chi connectivity index (χ0n) is 14.2. The summed E-state index contributed by atoms with van der Waals surface area (Å²) in [5.74, 6) is -0.564. The molecule has 2 aromatic carbocycles. The third-order valence-electron chi connectivity index (χ3n) is 3.64. The monoisotopic (exact) mass is 386 g/mol. The van der Waals surface area contributed by atoms with E-state index < -0.39 is 28.2 Å². The Labute approximate surface area is 157 Å². The molecule has 3 N–H and O–H groups in total. The lowest BCUT2D eigenvalue weighted by Crippen LogP contribution is -2.34. The van der Waals surface area contributed by atoms with Gasteiger partial charge < -0.3 is 19.9 Å². The molecular weight excluding hydrogens is 372 g/mol. The summed E-state index contributed by atoms with van der Waals surface area (Å²) in [7, 11) is 0. The van der Waals surface area contributed by atoms with E-state index in [1.807, 2.05) is 0 Å². The van der Waals surface area contributed by atoms with Gasteiger partial charge in [-0.3, -0.25) is 19.7 Å². The van der Waals surface area contributed by atoms with Crippen molar-refractivity contribution < 1.29 is 29.1 Å². The van der Waals surface area contributed by atoms with Crippen molar-refractivity contribution in [3.8, 4) is 17.2 Å². The highest BCUT2D eigenvalue weighted by Crippen LogP contribution is 2.32. The number of fused-ring (bicyclic) bond motifs is 1. The number of hydrazone groups is 1. The fourth-order valence-corrected chi connectivity index (χ4v) is 2.29. The highest BCUT2D eigenvalue weighted by molar-refractivity contribution is 5.97. The molecule has 0 saturated carbocycles. The van der Waals surface area contributed by atoms with Crippen LogP contribution >= 0.6 is 0 Å². The summed E-state index contributed by atoms with van der Waals surface area (Å²) in [5, 5.41) is 26.2. The molecule has 2 amide bonds. The van der Waals surface area contributed by atoms with Crippen molar-refractivity contribution in [2.75, 3.05) is 13.3 Å². The summed E-state index contributed by atoms with van der Waals surface area (Å²) in [4.78, 5) is 33.8. The van der Waals surface area contributed by atoms with Crippen LogP contribution in [0.1, 0.15) is 15.9 Å². The molecular formula is C17H14N4O7. The maximum absolute atomic E-state index is 12.1. The normalized spacial score (nSPS) is 12.0. The van der Waals surface area contributed by atoms with Crippen LogP contribution in [-0.4, -0.2) is 41.4 Å². The molecule has 28 heavy (non-hydrogen) atoms.